The maximum atomic E-state index is 13.8. The summed E-state index contributed by atoms with van der Waals surface area (Å²) in [6.07, 6.45) is 0. The molecule has 1 aliphatic heterocycles. The smallest absolute Gasteiger partial charge is 0.194 e. The number of hydrogen-bond acceptors (Lipinski definition) is 4. The maximum Gasteiger partial charge on any atom is 0.194 e. The Bertz CT molecular complexity index is 1050. The predicted octanol–water partition coefficient (Wildman–Crippen LogP) is 4.72. The molecule has 0 aromatic heterocycles. The molecule has 4 heteroatoms. The lowest BCUT2D eigenvalue weighted by Gasteiger charge is -2.40. The summed E-state index contributed by atoms with van der Waals surface area (Å²) in [5, 5.41) is 8.77. The van der Waals surface area contributed by atoms with E-state index in [2.05, 4.69) is 10.2 Å². The summed E-state index contributed by atoms with van der Waals surface area (Å²) in [6.45, 7) is 0.245. The topological polar surface area (TPSA) is 58.9 Å². The van der Waals surface area contributed by atoms with Crippen molar-refractivity contribution < 1.29 is 9.59 Å². The molecule has 3 aromatic carbocycles. The lowest BCUT2D eigenvalue weighted by molar-refractivity contribution is 0.0704. The Labute approximate surface area is 162 Å². The molecule has 0 unspecified atom stereocenters. The van der Waals surface area contributed by atoms with Crippen molar-refractivity contribution in [2.45, 2.75) is 11.5 Å². The van der Waals surface area contributed by atoms with E-state index in [0.717, 1.165) is 11.1 Å². The molecule has 136 valence electrons. The van der Waals surface area contributed by atoms with E-state index in [1.165, 1.54) is 0 Å². The van der Waals surface area contributed by atoms with Gasteiger partial charge in [0.15, 0.2) is 17.1 Å². The number of nitrogens with zero attached hydrogens (tertiary/aromatic N) is 2. The maximum absolute atomic E-state index is 13.8. The van der Waals surface area contributed by atoms with Gasteiger partial charge in [0.05, 0.1) is 12.5 Å². The van der Waals surface area contributed by atoms with Crippen LogP contribution in [0.2, 0.25) is 0 Å². The van der Waals surface area contributed by atoms with Crippen LogP contribution in [0, 0.1) is 5.92 Å². The number of carbonyl (C=O) groups excluding carboxylic acids is 2. The van der Waals surface area contributed by atoms with Gasteiger partial charge in [0.2, 0.25) is 0 Å². The van der Waals surface area contributed by atoms with Crippen molar-refractivity contribution in [2.24, 2.45) is 16.1 Å². The van der Waals surface area contributed by atoms with E-state index in [0.29, 0.717) is 11.1 Å². The van der Waals surface area contributed by atoms with Crippen LogP contribution in [0.4, 0.5) is 0 Å². The number of benzene rings is 3. The fourth-order valence-electron chi connectivity index (χ4n) is 4.62. The van der Waals surface area contributed by atoms with Gasteiger partial charge in [0.25, 0.3) is 0 Å². The highest BCUT2D eigenvalue weighted by atomic mass is 16.1. The quantitative estimate of drug-likeness (QED) is 0.673. The highest BCUT2D eigenvalue weighted by molar-refractivity contribution is 6.20. The molecular formula is C24H18N2O2. The molecule has 2 aliphatic rings. The Morgan fingerprint density at radius 2 is 1.29 bits per heavy atom. The molecular weight excluding hydrogens is 348 g/mol. The second kappa shape index (κ2) is 6.34. The third-order valence-electron chi connectivity index (χ3n) is 5.85. The van der Waals surface area contributed by atoms with Crippen molar-refractivity contribution in [3.8, 4) is 0 Å². The molecule has 0 radical (unpaired) electrons. The van der Waals surface area contributed by atoms with Crippen molar-refractivity contribution in [2.75, 3.05) is 6.54 Å². The summed E-state index contributed by atoms with van der Waals surface area (Å²) in [6, 6.07) is 26.7. The fourth-order valence-corrected chi connectivity index (χ4v) is 4.62. The lowest BCUT2D eigenvalue weighted by Crippen LogP contribution is -2.54. The van der Waals surface area contributed by atoms with Gasteiger partial charge >= 0.3 is 0 Å². The van der Waals surface area contributed by atoms with Crippen LogP contribution >= 0.6 is 0 Å². The first kappa shape index (κ1) is 16.8. The molecule has 0 N–H and O–H groups in total. The van der Waals surface area contributed by atoms with Crippen molar-refractivity contribution in [1.82, 2.24) is 0 Å². The van der Waals surface area contributed by atoms with Crippen LogP contribution in [0.5, 0.6) is 0 Å². The van der Waals surface area contributed by atoms with Crippen molar-refractivity contribution in [3.63, 3.8) is 0 Å². The van der Waals surface area contributed by atoms with Crippen molar-refractivity contribution >= 4 is 11.6 Å². The Kier molecular flexibility index (Phi) is 3.79. The molecule has 0 saturated carbocycles. The van der Waals surface area contributed by atoms with E-state index < -0.39 is 11.5 Å². The van der Waals surface area contributed by atoms with Crippen molar-refractivity contribution in [1.29, 1.82) is 0 Å². The Morgan fingerprint density at radius 3 is 1.89 bits per heavy atom. The first-order valence-electron chi connectivity index (χ1n) is 9.40. The largest absolute Gasteiger partial charge is 0.294 e. The van der Waals surface area contributed by atoms with Gasteiger partial charge in [-0.3, -0.25) is 9.59 Å². The molecule has 1 heterocycles. The van der Waals surface area contributed by atoms with Gasteiger partial charge in [-0.05, 0) is 11.1 Å². The van der Waals surface area contributed by atoms with Crippen LogP contribution in [0.3, 0.4) is 0 Å². The van der Waals surface area contributed by atoms with Gasteiger partial charge in [-0.15, -0.1) is 0 Å². The Hall–Kier alpha value is -3.40. The summed E-state index contributed by atoms with van der Waals surface area (Å²) in [4.78, 5) is 27.2. The SMILES string of the molecule is O=C1c2ccccc2C(=O)[C@@]2(C(c3ccccc3)c3ccccc3)N=NC[C@@H]12. The molecule has 1 aliphatic carbocycles. The molecule has 0 amide bonds. The average Bonchev–Trinajstić information content (AvgIpc) is 3.20. The number of carbonyl (C=O) groups is 2. The number of ketones is 2. The molecule has 0 spiro atoms. The van der Waals surface area contributed by atoms with Crippen LogP contribution in [-0.4, -0.2) is 23.7 Å². The molecule has 5 rings (SSSR count). The van der Waals surface area contributed by atoms with Gasteiger partial charge < -0.3 is 0 Å². The van der Waals surface area contributed by atoms with E-state index in [1.54, 1.807) is 24.3 Å². The zero-order valence-electron chi connectivity index (χ0n) is 15.2. The van der Waals surface area contributed by atoms with Crippen LogP contribution in [0.1, 0.15) is 37.8 Å². The highest BCUT2D eigenvalue weighted by Gasteiger charge is 2.61. The first-order chi connectivity index (χ1) is 13.7. The third kappa shape index (κ3) is 2.24. The minimum Gasteiger partial charge on any atom is -0.294 e. The summed E-state index contributed by atoms with van der Waals surface area (Å²) < 4.78 is 0. The summed E-state index contributed by atoms with van der Waals surface area (Å²) in [5.41, 5.74) is 1.61. The highest BCUT2D eigenvalue weighted by Crippen LogP contribution is 2.51. The average molecular weight is 366 g/mol. The van der Waals surface area contributed by atoms with Gasteiger partial charge in [0.1, 0.15) is 0 Å². The minimum absolute atomic E-state index is 0.0444. The van der Waals surface area contributed by atoms with E-state index in [1.807, 2.05) is 60.7 Å². The van der Waals surface area contributed by atoms with E-state index >= 15 is 0 Å². The molecule has 0 saturated heterocycles. The van der Waals surface area contributed by atoms with Crippen LogP contribution in [-0.2, 0) is 0 Å². The third-order valence-corrected chi connectivity index (χ3v) is 5.85. The summed E-state index contributed by atoms with van der Waals surface area (Å²) in [7, 11) is 0. The normalized spacial score (nSPS) is 23.0. The molecule has 28 heavy (non-hydrogen) atoms. The molecule has 2 atom stereocenters. The number of rotatable bonds is 3. The second-order valence-electron chi connectivity index (χ2n) is 7.30. The standard InChI is InChI=1S/C24H18N2O2/c27-22-18-13-7-8-14-19(18)23(28)24(20(22)15-25-26-24)21(16-9-3-1-4-10-16)17-11-5-2-6-12-17/h1-14,20-21H,15H2/t20-,24+/m0/s1. The zero-order chi connectivity index (χ0) is 19.1. The summed E-state index contributed by atoms with van der Waals surface area (Å²) in [5.74, 6) is -1.13. The molecule has 0 fully saturated rings. The fraction of sp³-hybridized carbons (Fsp3) is 0.167. The van der Waals surface area contributed by atoms with E-state index in [9.17, 15) is 9.59 Å². The van der Waals surface area contributed by atoms with Crippen LogP contribution in [0.15, 0.2) is 95.2 Å². The van der Waals surface area contributed by atoms with Gasteiger partial charge in [-0.2, -0.15) is 10.2 Å². The monoisotopic (exact) mass is 366 g/mol. The molecule has 0 bridgehead atoms. The van der Waals surface area contributed by atoms with Gasteiger partial charge in [0, 0.05) is 17.0 Å². The Morgan fingerprint density at radius 1 is 0.750 bits per heavy atom. The summed E-state index contributed by atoms with van der Waals surface area (Å²) >= 11 is 0. The number of fused-ring (bicyclic) bond motifs is 2. The number of Topliss-reactive ketones (excluding diaryl/α,β-unsaturated/α-hetero) is 2. The predicted molar refractivity (Wildman–Crippen MR) is 106 cm³/mol. The Balaban J connectivity index is 1.79. The number of azo groups is 1. The molecule has 3 aromatic rings. The van der Waals surface area contributed by atoms with Crippen LogP contribution in [0.25, 0.3) is 0 Å². The lowest BCUT2D eigenvalue weighted by atomic mass is 9.60. The van der Waals surface area contributed by atoms with Gasteiger partial charge in [-0.1, -0.05) is 84.9 Å². The van der Waals surface area contributed by atoms with Crippen molar-refractivity contribution in [3.05, 3.63) is 107 Å². The first-order valence-corrected chi connectivity index (χ1v) is 9.40. The van der Waals surface area contributed by atoms with E-state index in [4.69, 9.17) is 0 Å². The minimum atomic E-state index is -1.24. The van der Waals surface area contributed by atoms with E-state index in [-0.39, 0.29) is 24.0 Å². The zero-order valence-corrected chi connectivity index (χ0v) is 15.2. The number of hydrogen-bond donors (Lipinski definition) is 0. The van der Waals surface area contributed by atoms with Gasteiger partial charge in [-0.25, -0.2) is 0 Å². The molecule has 4 nitrogen and oxygen atoms in total. The second-order valence-corrected chi connectivity index (χ2v) is 7.30. The van der Waals surface area contributed by atoms with Crippen LogP contribution < -0.4 is 0 Å².